The van der Waals surface area contributed by atoms with E-state index < -0.39 is 55.3 Å². The molecule has 9 nitrogen and oxygen atoms in total. The first-order chi connectivity index (χ1) is 16.6. The molecule has 2 aromatic carbocycles. The number of nitrogens with one attached hydrogen (secondary N) is 2. The number of hydrogen-bond acceptors (Lipinski definition) is 6. The first-order valence-corrected chi connectivity index (χ1v) is 10.7. The van der Waals surface area contributed by atoms with E-state index in [0.717, 1.165) is 29.4 Å². The molecule has 0 unspecified atom stereocenters. The minimum Gasteiger partial charge on any atom is -0.480 e. The third-order valence-corrected chi connectivity index (χ3v) is 5.60. The Bertz CT molecular complexity index is 1080. The van der Waals surface area contributed by atoms with E-state index in [9.17, 15) is 28.0 Å². The van der Waals surface area contributed by atoms with E-state index >= 15 is 0 Å². The van der Waals surface area contributed by atoms with Crippen LogP contribution >= 0.6 is 0 Å². The highest BCUT2D eigenvalue weighted by Crippen LogP contribution is 2.44. The molecule has 0 aliphatic heterocycles. The lowest BCUT2D eigenvalue weighted by atomic mass is 9.98. The van der Waals surface area contributed by atoms with Gasteiger partial charge in [0.05, 0.1) is 13.7 Å². The number of benzene rings is 2. The number of halogens is 2. The molecule has 1 aliphatic carbocycles. The first kappa shape index (κ1) is 25.6. The standard InChI is InChI=1S/C24H24F2N2O7/c1-34-20(29)11-10-19(21(30)31)28-22(32)24(25,26)13-27-23(33)35-12-18-16-8-4-2-6-14(16)15-7-3-5-9-17(15)18/h2-9,18-19H,10-13H2,1H3,(H,27,33)(H,28,32)(H,30,31)/t19-/m0/s1. The fourth-order valence-electron chi connectivity index (χ4n) is 3.80. The second-order valence-electron chi connectivity index (χ2n) is 7.86. The zero-order valence-electron chi connectivity index (χ0n) is 18.8. The number of ether oxygens (including phenoxy) is 2. The smallest absolute Gasteiger partial charge is 0.407 e. The summed E-state index contributed by atoms with van der Waals surface area (Å²) >= 11 is 0. The highest BCUT2D eigenvalue weighted by Gasteiger charge is 2.41. The number of esters is 1. The number of carboxylic acids is 1. The highest BCUT2D eigenvalue weighted by molar-refractivity contribution is 5.89. The molecule has 1 aliphatic rings. The maximum atomic E-state index is 14.2. The molecule has 0 fully saturated rings. The maximum absolute atomic E-state index is 14.2. The van der Waals surface area contributed by atoms with Crippen LogP contribution < -0.4 is 10.6 Å². The summed E-state index contributed by atoms with van der Waals surface area (Å²) in [6, 6.07) is 13.5. The van der Waals surface area contributed by atoms with Crippen LogP contribution in [0.1, 0.15) is 29.9 Å². The van der Waals surface area contributed by atoms with Gasteiger partial charge in [0.15, 0.2) is 0 Å². The molecule has 3 rings (SSSR count). The van der Waals surface area contributed by atoms with E-state index in [0.29, 0.717) is 0 Å². The van der Waals surface area contributed by atoms with Gasteiger partial charge >= 0.3 is 24.0 Å². The van der Waals surface area contributed by atoms with Crippen molar-refractivity contribution >= 4 is 23.9 Å². The first-order valence-electron chi connectivity index (χ1n) is 10.7. The van der Waals surface area contributed by atoms with Crippen molar-refractivity contribution in [3.63, 3.8) is 0 Å². The second kappa shape index (κ2) is 10.9. The van der Waals surface area contributed by atoms with Gasteiger partial charge in [-0.2, -0.15) is 8.78 Å². The predicted molar refractivity (Wildman–Crippen MR) is 119 cm³/mol. The Morgan fingerprint density at radius 3 is 2.14 bits per heavy atom. The summed E-state index contributed by atoms with van der Waals surface area (Å²) in [4.78, 5) is 46.4. The molecule has 0 heterocycles. The number of carboxylic acid groups (broad SMARTS) is 1. The van der Waals surface area contributed by atoms with Gasteiger partial charge in [0, 0.05) is 12.3 Å². The molecule has 0 saturated carbocycles. The molecular formula is C24H24F2N2O7. The minimum absolute atomic E-state index is 0.105. The normalized spacial score (nSPS) is 13.2. The molecule has 186 valence electrons. The number of carbonyl (C=O) groups is 4. The van der Waals surface area contributed by atoms with Crippen LogP contribution in [0, 0.1) is 0 Å². The van der Waals surface area contributed by atoms with Crippen LogP contribution in [0.3, 0.4) is 0 Å². The fraction of sp³-hybridized carbons (Fsp3) is 0.333. The molecule has 0 radical (unpaired) electrons. The number of carbonyl (C=O) groups excluding carboxylic acids is 3. The van der Waals surface area contributed by atoms with Gasteiger partial charge in [-0.25, -0.2) is 9.59 Å². The third kappa shape index (κ3) is 6.11. The van der Waals surface area contributed by atoms with Crippen LogP contribution in [0.4, 0.5) is 13.6 Å². The van der Waals surface area contributed by atoms with Crippen molar-refractivity contribution < 1.29 is 42.5 Å². The van der Waals surface area contributed by atoms with Crippen LogP contribution in [0.5, 0.6) is 0 Å². The van der Waals surface area contributed by atoms with Gasteiger partial charge in [0.2, 0.25) is 0 Å². The number of amides is 2. The van der Waals surface area contributed by atoms with E-state index in [1.807, 2.05) is 53.8 Å². The van der Waals surface area contributed by atoms with Crippen molar-refractivity contribution in [1.82, 2.24) is 10.6 Å². The predicted octanol–water partition coefficient (Wildman–Crippen LogP) is 2.68. The van der Waals surface area contributed by atoms with Crippen molar-refractivity contribution in [2.75, 3.05) is 20.3 Å². The number of fused-ring (bicyclic) bond motifs is 3. The Hall–Kier alpha value is -4.02. The van der Waals surface area contributed by atoms with Crippen LogP contribution in [-0.4, -0.2) is 61.3 Å². The van der Waals surface area contributed by atoms with E-state index in [4.69, 9.17) is 9.84 Å². The molecule has 0 aromatic heterocycles. The van der Waals surface area contributed by atoms with Crippen LogP contribution in [0.15, 0.2) is 48.5 Å². The summed E-state index contributed by atoms with van der Waals surface area (Å²) < 4.78 is 38.0. The molecule has 2 amide bonds. The number of aliphatic carboxylic acids is 1. The molecule has 1 atom stereocenters. The summed E-state index contributed by atoms with van der Waals surface area (Å²) in [6.07, 6.45) is -1.99. The molecule has 0 bridgehead atoms. The van der Waals surface area contributed by atoms with E-state index in [1.54, 1.807) is 5.32 Å². The largest absolute Gasteiger partial charge is 0.480 e. The van der Waals surface area contributed by atoms with Gasteiger partial charge in [0.1, 0.15) is 12.6 Å². The van der Waals surface area contributed by atoms with Crippen molar-refractivity contribution in [3.8, 4) is 11.1 Å². The molecule has 35 heavy (non-hydrogen) atoms. The lowest BCUT2D eigenvalue weighted by Crippen LogP contribution is -2.52. The number of alkyl carbamates (subject to hydrolysis) is 1. The maximum Gasteiger partial charge on any atom is 0.407 e. The zero-order valence-corrected chi connectivity index (χ0v) is 18.8. The number of hydrogen-bond donors (Lipinski definition) is 3. The second-order valence-corrected chi connectivity index (χ2v) is 7.86. The average molecular weight is 490 g/mol. The lowest BCUT2D eigenvalue weighted by molar-refractivity contribution is -0.151. The van der Waals surface area contributed by atoms with Crippen molar-refractivity contribution in [3.05, 3.63) is 59.7 Å². The number of methoxy groups -OCH3 is 1. The van der Waals surface area contributed by atoms with Gasteiger partial charge in [-0.1, -0.05) is 48.5 Å². The summed E-state index contributed by atoms with van der Waals surface area (Å²) in [5.41, 5.74) is 3.89. The van der Waals surface area contributed by atoms with Crippen molar-refractivity contribution in [2.45, 2.75) is 30.7 Å². The quantitative estimate of drug-likeness (QED) is 0.437. The fourth-order valence-corrected chi connectivity index (χ4v) is 3.80. The Kier molecular flexibility index (Phi) is 8.00. The SMILES string of the molecule is COC(=O)CC[C@H](NC(=O)C(F)(F)CNC(=O)OCC1c2ccccc2-c2ccccc21)C(=O)O. The van der Waals surface area contributed by atoms with E-state index in [2.05, 4.69) is 4.74 Å². The Labute approximate surface area is 199 Å². The Morgan fingerprint density at radius 1 is 1.03 bits per heavy atom. The minimum atomic E-state index is -4.12. The molecule has 0 saturated heterocycles. The summed E-state index contributed by atoms with van der Waals surface area (Å²) in [7, 11) is 1.08. The molecule has 11 heteroatoms. The van der Waals surface area contributed by atoms with E-state index in [-0.39, 0.29) is 12.5 Å². The summed E-state index contributed by atoms with van der Waals surface area (Å²) in [5, 5.41) is 12.6. The van der Waals surface area contributed by atoms with E-state index in [1.165, 1.54) is 0 Å². The number of alkyl halides is 2. The summed E-state index contributed by atoms with van der Waals surface area (Å²) in [5.74, 6) is -8.65. The zero-order chi connectivity index (χ0) is 25.6. The third-order valence-electron chi connectivity index (χ3n) is 5.60. The van der Waals surface area contributed by atoms with Crippen LogP contribution in [0.25, 0.3) is 11.1 Å². The van der Waals surface area contributed by atoms with Crippen LogP contribution in [-0.2, 0) is 23.9 Å². The Balaban J connectivity index is 1.54. The van der Waals surface area contributed by atoms with Gasteiger partial charge < -0.3 is 25.2 Å². The van der Waals surface area contributed by atoms with Gasteiger partial charge in [-0.15, -0.1) is 0 Å². The number of rotatable bonds is 10. The molecule has 2 aromatic rings. The van der Waals surface area contributed by atoms with Gasteiger partial charge in [-0.3, -0.25) is 9.59 Å². The molecular weight excluding hydrogens is 466 g/mol. The molecule has 3 N–H and O–H groups in total. The summed E-state index contributed by atoms with van der Waals surface area (Å²) in [6.45, 7) is -1.51. The van der Waals surface area contributed by atoms with Crippen molar-refractivity contribution in [2.24, 2.45) is 0 Å². The Morgan fingerprint density at radius 2 is 1.60 bits per heavy atom. The van der Waals surface area contributed by atoms with Crippen molar-refractivity contribution in [1.29, 1.82) is 0 Å². The topological polar surface area (TPSA) is 131 Å². The van der Waals surface area contributed by atoms with Gasteiger partial charge in [0.25, 0.3) is 5.91 Å². The average Bonchev–Trinajstić information content (AvgIpc) is 3.17. The highest BCUT2D eigenvalue weighted by atomic mass is 19.3. The lowest BCUT2D eigenvalue weighted by Gasteiger charge is -2.20. The molecule has 0 spiro atoms. The monoisotopic (exact) mass is 490 g/mol. The van der Waals surface area contributed by atoms with Gasteiger partial charge in [-0.05, 0) is 28.7 Å². The van der Waals surface area contributed by atoms with Crippen LogP contribution in [0.2, 0.25) is 0 Å².